The Balaban J connectivity index is 1.82. The number of aromatic nitrogens is 2. The van der Waals surface area contributed by atoms with Crippen molar-refractivity contribution in [3.63, 3.8) is 0 Å². The molecule has 2 aromatic carbocycles. The fraction of sp³-hybridized carbons (Fsp3) is 0.211. The molecule has 3 rings (SSSR count). The van der Waals surface area contributed by atoms with E-state index < -0.39 is 0 Å². The van der Waals surface area contributed by atoms with Gasteiger partial charge in [-0.1, -0.05) is 0 Å². The summed E-state index contributed by atoms with van der Waals surface area (Å²) in [6.45, 7) is 5.69. The maximum absolute atomic E-state index is 12.4. The standard InChI is InChI=1S/C19H19N3O2/c1-12(2)22-11-20-17-10-15(6-9-18(17)22)19(24)21-16-7-4-14(5-8-16)13(3)23/h4-12H,1-3H3,(H,21,24). The first-order valence-electron chi connectivity index (χ1n) is 7.84. The molecule has 3 aromatic rings. The molecule has 0 saturated carbocycles. The third kappa shape index (κ3) is 3.06. The number of carbonyl (C=O) groups excluding carboxylic acids is 2. The Bertz CT molecular complexity index is 908. The SMILES string of the molecule is CC(=O)c1ccc(NC(=O)c2ccc3c(c2)ncn3C(C)C)cc1. The van der Waals surface area contributed by atoms with E-state index in [1.807, 2.05) is 6.07 Å². The van der Waals surface area contributed by atoms with Gasteiger partial charge in [0.1, 0.15) is 0 Å². The highest BCUT2D eigenvalue weighted by molar-refractivity contribution is 6.06. The van der Waals surface area contributed by atoms with Crippen LogP contribution < -0.4 is 5.32 Å². The number of nitrogens with one attached hydrogen (secondary N) is 1. The van der Waals surface area contributed by atoms with Crippen LogP contribution in [-0.4, -0.2) is 21.2 Å². The van der Waals surface area contributed by atoms with Gasteiger partial charge in [-0.3, -0.25) is 9.59 Å². The molecule has 0 bridgehead atoms. The van der Waals surface area contributed by atoms with Crippen molar-refractivity contribution in [3.05, 3.63) is 59.9 Å². The van der Waals surface area contributed by atoms with E-state index in [0.717, 1.165) is 11.0 Å². The number of benzene rings is 2. The molecule has 0 unspecified atom stereocenters. The number of carbonyl (C=O) groups is 2. The quantitative estimate of drug-likeness (QED) is 0.737. The monoisotopic (exact) mass is 321 g/mol. The molecule has 1 aromatic heterocycles. The number of nitrogens with zero attached hydrogens (tertiary/aromatic N) is 2. The second kappa shape index (κ2) is 6.28. The molecule has 5 nitrogen and oxygen atoms in total. The third-order valence-corrected chi connectivity index (χ3v) is 3.94. The summed E-state index contributed by atoms with van der Waals surface area (Å²) >= 11 is 0. The van der Waals surface area contributed by atoms with Gasteiger partial charge < -0.3 is 9.88 Å². The minimum Gasteiger partial charge on any atom is -0.328 e. The van der Waals surface area contributed by atoms with Gasteiger partial charge in [0.25, 0.3) is 5.91 Å². The van der Waals surface area contributed by atoms with Gasteiger partial charge in [0.2, 0.25) is 0 Å². The van der Waals surface area contributed by atoms with Crippen LogP contribution in [0.5, 0.6) is 0 Å². The first-order chi connectivity index (χ1) is 11.5. The lowest BCUT2D eigenvalue weighted by atomic mass is 10.1. The van der Waals surface area contributed by atoms with E-state index in [2.05, 4.69) is 28.7 Å². The fourth-order valence-corrected chi connectivity index (χ4v) is 2.58. The summed E-state index contributed by atoms with van der Waals surface area (Å²) < 4.78 is 2.07. The Hall–Kier alpha value is -2.95. The van der Waals surface area contributed by atoms with Crippen LogP contribution in [-0.2, 0) is 0 Å². The van der Waals surface area contributed by atoms with Crippen LogP contribution in [0.1, 0.15) is 47.5 Å². The zero-order valence-electron chi connectivity index (χ0n) is 13.9. The highest BCUT2D eigenvalue weighted by Gasteiger charge is 2.11. The van der Waals surface area contributed by atoms with Crippen LogP contribution in [0, 0.1) is 0 Å². The van der Waals surface area contributed by atoms with Gasteiger partial charge in [-0.15, -0.1) is 0 Å². The predicted molar refractivity (Wildman–Crippen MR) is 94.5 cm³/mol. The summed E-state index contributed by atoms with van der Waals surface area (Å²) in [6, 6.07) is 12.7. The normalized spacial score (nSPS) is 11.0. The summed E-state index contributed by atoms with van der Waals surface area (Å²) in [5.41, 5.74) is 3.62. The number of anilines is 1. The van der Waals surface area contributed by atoms with E-state index in [0.29, 0.717) is 22.9 Å². The minimum atomic E-state index is -0.202. The molecule has 5 heteroatoms. The first-order valence-corrected chi connectivity index (χ1v) is 7.84. The van der Waals surface area contributed by atoms with Crippen LogP contribution in [0.2, 0.25) is 0 Å². The van der Waals surface area contributed by atoms with Gasteiger partial charge >= 0.3 is 0 Å². The molecular weight excluding hydrogens is 302 g/mol. The molecule has 0 aliphatic carbocycles. The Labute approximate surface area is 140 Å². The number of amides is 1. The van der Waals surface area contributed by atoms with Gasteiger partial charge in [0.05, 0.1) is 17.4 Å². The number of imidazole rings is 1. The summed E-state index contributed by atoms with van der Waals surface area (Å²) in [7, 11) is 0. The van der Waals surface area contributed by atoms with Crippen LogP contribution in [0.3, 0.4) is 0 Å². The molecule has 1 N–H and O–H groups in total. The van der Waals surface area contributed by atoms with Crippen molar-refractivity contribution in [3.8, 4) is 0 Å². The maximum atomic E-state index is 12.4. The number of hydrogen-bond acceptors (Lipinski definition) is 3. The number of fused-ring (bicyclic) bond motifs is 1. The molecule has 0 atom stereocenters. The number of ketones is 1. The van der Waals surface area contributed by atoms with Crippen molar-refractivity contribution in [2.75, 3.05) is 5.32 Å². The fourth-order valence-electron chi connectivity index (χ4n) is 2.58. The van der Waals surface area contributed by atoms with Crippen molar-refractivity contribution in [2.24, 2.45) is 0 Å². The van der Waals surface area contributed by atoms with Crippen LogP contribution >= 0.6 is 0 Å². The van der Waals surface area contributed by atoms with Gasteiger partial charge in [-0.05, 0) is 63.2 Å². The zero-order chi connectivity index (χ0) is 17.3. The van der Waals surface area contributed by atoms with Crippen molar-refractivity contribution in [2.45, 2.75) is 26.8 Å². The van der Waals surface area contributed by atoms with Gasteiger partial charge in [-0.25, -0.2) is 4.98 Å². The van der Waals surface area contributed by atoms with Crippen LogP contribution in [0.4, 0.5) is 5.69 Å². The zero-order valence-corrected chi connectivity index (χ0v) is 13.9. The lowest BCUT2D eigenvalue weighted by molar-refractivity contribution is 0.101. The largest absolute Gasteiger partial charge is 0.328 e. The van der Waals surface area contributed by atoms with Crippen LogP contribution in [0.25, 0.3) is 11.0 Å². The van der Waals surface area contributed by atoms with E-state index in [9.17, 15) is 9.59 Å². The van der Waals surface area contributed by atoms with E-state index >= 15 is 0 Å². The molecule has 0 fully saturated rings. The minimum absolute atomic E-state index is 0.000864. The average molecular weight is 321 g/mol. The molecule has 24 heavy (non-hydrogen) atoms. The molecule has 0 aliphatic rings. The second-order valence-electron chi connectivity index (χ2n) is 6.04. The number of rotatable bonds is 4. The molecule has 0 saturated heterocycles. The highest BCUT2D eigenvalue weighted by atomic mass is 16.1. The molecule has 0 aliphatic heterocycles. The lowest BCUT2D eigenvalue weighted by Crippen LogP contribution is -2.12. The lowest BCUT2D eigenvalue weighted by Gasteiger charge is -2.09. The number of hydrogen-bond donors (Lipinski definition) is 1. The third-order valence-electron chi connectivity index (χ3n) is 3.94. The van der Waals surface area contributed by atoms with E-state index in [1.165, 1.54) is 6.92 Å². The van der Waals surface area contributed by atoms with E-state index in [1.54, 1.807) is 42.7 Å². The Kier molecular flexibility index (Phi) is 4.16. The van der Waals surface area contributed by atoms with Gasteiger partial charge in [0.15, 0.2) is 5.78 Å². The van der Waals surface area contributed by atoms with E-state index in [-0.39, 0.29) is 11.7 Å². The molecule has 0 radical (unpaired) electrons. The van der Waals surface area contributed by atoms with Crippen molar-refractivity contribution in [1.82, 2.24) is 9.55 Å². The smallest absolute Gasteiger partial charge is 0.255 e. The maximum Gasteiger partial charge on any atom is 0.255 e. The highest BCUT2D eigenvalue weighted by Crippen LogP contribution is 2.20. The molecule has 0 spiro atoms. The number of Topliss-reactive ketones (excluding diaryl/α,β-unsaturated/α-hetero) is 1. The summed E-state index contributed by atoms with van der Waals surface area (Å²) in [5.74, 6) is -0.203. The van der Waals surface area contributed by atoms with Crippen molar-refractivity contribution in [1.29, 1.82) is 0 Å². The Morgan fingerprint density at radius 2 is 1.71 bits per heavy atom. The molecule has 122 valence electrons. The van der Waals surface area contributed by atoms with E-state index in [4.69, 9.17) is 0 Å². The Morgan fingerprint density at radius 3 is 2.33 bits per heavy atom. The molecular formula is C19H19N3O2. The van der Waals surface area contributed by atoms with Crippen LogP contribution in [0.15, 0.2) is 48.8 Å². The second-order valence-corrected chi connectivity index (χ2v) is 6.04. The van der Waals surface area contributed by atoms with Crippen molar-refractivity contribution >= 4 is 28.4 Å². The van der Waals surface area contributed by atoms with Gasteiger partial charge in [0, 0.05) is 22.9 Å². The Morgan fingerprint density at radius 1 is 1.04 bits per heavy atom. The first kappa shape index (κ1) is 15.9. The molecule has 1 heterocycles. The molecule has 1 amide bonds. The predicted octanol–water partition coefficient (Wildman–Crippen LogP) is 4.07. The average Bonchev–Trinajstić information content (AvgIpc) is 2.98. The van der Waals surface area contributed by atoms with Gasteiger partial charge in [-0.2, -0.15) is 0 Å². The summed E-state index contributed by atoms with van der Waals surface area (Å²) in [6.07, 6.45) is 1.79. The topological polar surface area (TPSA) is 64.0 Å². The van der Waals surface area contributed by atoms with Crippen molar-refractivity contribution < 1.29 is 9.59 Å². The summed E-state index contributed by atoms with van der Waals surface area (Å²) in [5, 5.41) is 2.83. The summed E-state index contributed by atoms with van der Waals surface area (Å²) in [4.78, 5) is 28.0.